The second kappa shape index (κ2) is 9.68. The van der Waals surface area contributed by atoms with Crippen LogP contribution in [-0.2, 0) is 9.59 Å². The van der Waals surface area contributed by atoms with Crippen molar-refractivity contribution in [3.63, 3.8) is 0 Å². The molecule has 0 heterocycles. The Balaban J connectivity index is 2.63. The maximum atomic E-state index is 12.2. The summed E-state index contributed by atoms with van der Waals surface area (Å²) >= 11 is 7.27. The number of hydrogen-bond acceptors (Lipinski definition) is 4. The van der Waals surface area contributed by atoms with Gasteiger partial charge in [-0.25, -0.2) is 0 Å². The van der Waals surface area contributed by atoms with Crippen LogP contribution in [0.1, 0.15) is 37.6 Å². The van der Waals surface area contributed by atoms with Crippen molar-refractivity contribution in [3.05, 3.63) is 28.8 Å². The van der Waals surface area contributed by atoms with E-state index in [1.54, 1.807) is 12.1 Å². The number of carbonyl (C=O) groups excluding carboxylic acids is 2. The van der Waals surface area contributed by atoms with Crippen molar-refractivity contribution in [2.45, 2.75) is 27.2 Å². The minimum absolute atomic E-state index is 0.00802. The first kappa shape index (κ1) is 21.3. The molecule has 2 amide bonds. The Bertz CT molecular complexity index is 644. The van der Waals surface area contributed by atoms with Gasteiger partial charge in [-0.1, -0.05) is 32.4 Å². The Kier molecular flexibility index (Phi) is 8.25. The molecular weight excluding hydrogens is 364 g/mol. The summed E-state index contributed by atoms with van der Waals surface area (Å²) in [4.78, 5) is 34.6. The van der Waals surface area contributed by atoms with Crippen molar-refractivity contribution in [1.82, 2.24) is 5.32 Å². The number of carboxylic acid groups (broad SMARTS) is 1. The largest absolute Gasteiger partial charge is 0.481 e. The maximum Gasteiger partial charge on any atom is 0.313 e. The molecule has 0 fully saturated rings. The summed E-state index contributed by atoms with van der Waals surface area (Å²) < 4.78 is 0. The van der Waals surface area contributed by atoms with E-state index in [1.165, 1.54) is 17.8 Å². The zero-order valence-corrected chi connectivity index (χ0v) is 16.1. The summed E-state index contributed by atoms with van der Waals surface area (Å²) in [5.74, 6) is -0.916. The zero-order chi connectivity index (χ0) is 19.0. The summed E-state index contributed by atoms with van der Waals surface area (Å²) in [5, 5.41) is 14.3. The quantitative estimate of drug-likeness (QED) is 0.596. The Morgan fingerprint density at radius 2 is 1.92 bits per heavy atom. The van der Waals surface area contributed by atoms with Crippen molar-refractivity contribution >= 4 is 46.8 Å². The molecule has 0 aliphatic heterocycles. The molecule has 25 heavy (non-hydrogen) atoms. The lowest BCUT2D eigenvalue weighted by Gasteiger charge is -2.17. The Morgan fingerprint density at radius 3 is 2.52 bits per heavy atom. The molecule has 1 aromatic carbocycles. The standard InChI is InChI=1S/C17H23ClN2O4S/c1-17(2,3)9-14(21)20-11-4-5-13(18)12(8-11)16(24)19-6-7-25-10-15(22)23/h4-5,8H,6-7,9-10H2,1-3H3,(H,19,24)(H,20,21)(H,22,23). The lowest BCUT2D eigenvalue weighted by atomic mass is 9.92. The minimum Gasteiger partial charge on any atom is -0.481 e. The number of carbonyl (C=O) groups is 3. The average Bonchev–Trinajstić information content (AvgIpc) is 2.46. The van der Waals surface area contributed by atoms with E-state index in [2.05, 4.69) is 10.6 Å². The molecule has 0 saturated heterocycles. The Labute approximate surface area is 156 Å². The molecule has 138 valence electrons. The predicted molar refractivity (Wildman–Crippen MR) is 101 cm³/mol. The second-order valence-electron chi connectivity index (χ2n) is 6.68. The second-order valence-corrected chi connectivity index (χ2v) is 8.19. The highest BCUT2D eigenvalue weighted by atomic mass is 35.5. The highest BCUT2D eigenvalue weighted by Crippen LogP contribution is 2.23. The molecule has 0 aliphatic carbocycles. The van der Waals surface area contributed by atoms with Gasteiger partial charge in [0.1, 0.15) is 0 Å². The normalized spacial score (nSPS) is 11.0. The van der Waals surface area contributed by atoms with E-state index in [0.29, 0.717) is 24.4 Å². The smallest absolute Gasteiger partial charge is 0.313 e. The molecule has 0 saturated carbocycles. The third kappa shape index (κ3) is 8.79. The summed E-state index contributed by atoms with van der Waals surface area (Å²) in [6.45, 7) is 6.23. The molecule has 8 heteroatoms. The van der Waals surface area contributed by atoms with Crippen molar-refractivity contribution in [1.29, 1.82) is 0 Å². The number of anilines is 1. The van der Waals surface area contributed by atoms with E-state index in [-0.39, 0.29) is 33.6 Å². The fraction of sp³-hybridized carbons (Fsp3) is 0.471. The van der Waals surface area contributed by atoms with Crippen LogP contribution in [0.5, 0.6) is 0 Å². The highest BCUT2D eigenvalue weighted by molar-refractivity contribution is 7.99. The summed E-state index contributed by atoms with van der Waals surface area (Å²) in [6, 6.07) is 4.73. The minimum atomic E-state index is -0.891. The molecule has 1 rings (SSSR count). The van der Waals surface area contributed by atoms with E-state index in [4.69, 9.17) is 16.7 Å². The van der Waals surface area contributed by atoms with E-state index in [0.717, 1.165) is 0 Å². The lowest BCUT2D eigenvalue weighted by molar-refractivity contribution is -0.133. The maximum absolute atomic E-state index is 12.2. The van der Waals surface area contributed by atoms with Gasteiger partial charge in [0, 0.05) is 24.4 Å². The van der Waals surface area contributed by atoms with Gasteiger partial charge in [0.05, 0.1) is 16.3 Å². The van der Waals surface area contributed by atoms with Gasteiger partial charge in [0.2, 0.25) is 5.91 Å². The molecule has 0 aromatic heterocycles. The van der Waals surface area contributed by atoms with Gasteiger partial charge in [0.25, 0.3) is 5.91 Å². The van der Waals surface area contributed by atoms with Crippen molar-refractivity contribution in [2.75, 3.05) is 23.4 Å². The monoisotopic (exact) mass is 386 g/mol. The predicted octanol–water partition coefficient (Wildman–Crippen LogP) is 3.26. The fourth-order valence-corrected chi connectivity index (χ4v) is 2.72. The van der Waals surface area contributed by atoms with Crippen LogP contribution in [0.3, 0.4) is 0 Å². The van der Waals surface area contributed by atoms with Crippen molar-refractivity contribution < 1.29 is 19.5 Å². The van der Waals surface area contributed by atoms with Gasteiger partial charge in [-0.15, -0.1) is 11.8 Å². The number of rotatable bonds is 8. The third-order valence-electron chi connectivity index (χ3n) is 2.94. The Hall–Kier alpha value is -1.73. The van der Waals surface area contributed by atoms with Crippen LogP contribution in [0.15, 0.2) is 18.2 Å². The number of nitrogens with one attached hydrogen (secondary N) is 2. The number of benzene rings is 1. The van der Waals surface area contributed by atoms with Crippen LogP contribution in [0.2, 0.25) is 5.02 Å². The first-order valence-electron chi connectivity index (χ1n) is 7.75. The van der Waals surface area contributed by atoms with Crippen molar-refractivity contribution in [2.24, 2.45) is 5.41 Å². The van der Waals surface area contributed by atoms with Crippen molar-refractivity contribution in [3.8, 4) is 0 Å². The zero-order valence-electron chi connectivity index (χ0n) is 14.5. The number of hydrogen-bond donors (Lipinski definition) is 3. The van der Waals surface area contributed by atoms with Gasteiger partial charge in [-0.2, -0.15) is 0 Å². The van der Waals surface area contributed by atoms with Crippen LogP contribution in [0, 0.1) is 5.41 Å². The van der Waals surface area contributed by atoms with E-state index in [9.17, 15) is 14.4 Å². The number of carboxylic acids is 1. The van der Waals surface area contributed by atoms with Gasteiger partial charge in [-0.3, -0.25) is 14.4 Å². The summed E-state index contributed by atoms with van der Waals surface area (Å²) in [7, 11) is 0. The SMILES string of the molecule is CC(C)(C)CC(=O)Nc1ccc(Cl)c(C(=O)NCCSCC(=O)O)c1. The van der Waals surface area contributed by atoms with Crippen LogP contribution >= 0.6 is 23.4 Å². The number of thioether (sulfide) groups is 1. The third-order valence-corrected chi connectivity index (χ3v) is 4.22. The molecule has 0 unspecified atom stereocenters. The van der Waals surface area contributed by atoms with E-state index >= 15 is 0 Å². The first-order chi connectivity index (χ1) is 11.6. The average molecular weight is 387 g/mol. The van der Waals surface area contributed by atoms with Gasteiger partial charge in [-0.05, 0) is 23.6 Å². The number of amides is 2. The molecule has 0 radical (unpaired) electrons. The molecule has 3 N–H and O–H groups in total. The molecule has 0 aliphatic rings. The number of halogens is 1. The summed E-state index contributed by atoms with van der Waals surface area (Å²) in [5.41, 5.74) is 0.632. The van der Waals surface area contributed by atoms with Gasteiger partial charge < -0.3 is 15.7 Å². The van der Waals surface area contributed by atoms with Crippen LogP contribution in [0.4, 0.5) is 5.69 Å². The first-order valence-corrected chi connectivity index (χ1v) is 9.29. The molecule has 1 aromatic rings. The van der Waals surface area contributed by atoms with Crippen LogP contribution in [0.25, 0.3) is 0 Å². The van der Waals surface area contributed by atoms with Crippen LogP contribution in [-0.4, -0.2) is 40.9 Å². The van der Waals surface area contributed by atoms with Gasteiger partial charge in [0.15, 0.2) is 0 Å². The lowest BCUT2D eigenvalue weighted by Crippen LogP contribution is -2.26. The number of aliphatic carboxylic acids is 1. The molecule has 6 nitrogen and oxygen atoms in total. The topological polar surface area (TPSA) is 95.5 Å². The summed E-state index contributed by atoms with van der Waals surface area (Å²) in [6.07, 6.45) is 0.359. The molecule has 0 spiro atoms. The molecule has 0 bridgehead atoms. The molecule has 0 atom stereocenters. The highest BCUT2D eigenvalue weighted by Gasteiger charge is 2.17. The van der Waals surface area contributed by atoms with E-state index < -0.39 is 5.97 Å². The molecular formula is C17H23ClN2O4S. The van der Waals surface area contributed by atoms with Gasteiger partial charge >= 0.3 is 5.97 Å². The Morgan fingerprint density at radius 1 is 1.24 bits per heavy atom. The van der Waals surface area contributed by atoms with Crippen LogP contribution < -0.4 is 10.6 Å². The van der Waals surface area contributed by atoms with E-state index in [1.807, 2.05) is 20.8 Å². The fourth-order valence-electron chi connectivity index (χ4n) is 1.96.